The minimum Gasteiger partial charge on any atom is -0.493 e. The Morgan fingerprint density at radius 1 is 1.09 bits per heavy atom. The Hall–Kier alpha value is -3.74. The lowest BCUT2D eigenvalue weighted by Gasteiger charge is -2.26. The van der Waals surface area contributed by atoms with E-state index >= 15 is 0 Å². The average molecular weight is 451 g/mol. The molecule has 1 heterocycles. The van der Waals surface area contributed by atoms with Crippen LogP contribution in [-0.2, 0) is 20.4 Å². The molecule has 1 aliphatic rings. The highest BCUT2D eigenvalue weighted by molar-refractivity contribution is 7.93. The number of nitrogens with zero attached hydrogens (tertiary/aromatic N) is 2. The van der Waals surface area contributed by atoms with Gasteiger partial charge >= 0.3 is 0 Å². The molecule has 0 aromatic heterocycles. The standard InChI is InChI=1S/C23H18FN3O4S/c1-2-31-20-9-5-3-7-16(20)23(26)17-13-15(14-25)11-12-19(17)27(22(23)28)32(29,30)21-10-6-4-8-18(21)24/h3-13H,2,26H2,1H3. The number of fused-ring (bicyclic) bond motifs is 1. The quantitative estimate of drug-likeness (QED) is 0.638. The highest BCUT2D eigenvalue weighted by Crippen LogP contribution is 2.47. The van der Waals surface area contributed by atoms with Crippen LogP contribution in [0.25, 0.3) is 0 Å². The third-order valence-corrected chi connectivity index (χ3v) is 6.99. The van der Waals surface area contributed by atoms with Gasteiger partial charge in [0.05, 0.1) is 23.9 Å². The van der Waals surface area contributed by atoms with E-state index < -0.39 is 32.2 Å². The fourth-order valence-corrected chi connectivity index (χ4v) is 5.35. The van der Waals surface area contributed by atoms with Crippen LogP contribution < -0.4 is 14.8 Å². The zero-order valence-corrected chi connectivity index (χ0v) is 17.8. The molecule has 1 atom stereocenters. The van der Waals surface area contributed by atoms with E-state index in [4.69, 9.17) is 10.5 Å². The van der Waals surface area contributed by atoms with Crippen LogP contribution in [0.1, 0.15) is 23.6 Å². The van der Waals surface area contributed by atoms with Gasteiger partial charge in [-0.1, -0.05) is 30.3 Å². The molecule has 1 amide bonds. The number of ether oxygens (including phenoxy) is 1. The molecular weight excluding hydrogens is 433 g/mol. The van der Waals surface area contributed by atoms with Crippen LogP contribution in [0.3, 0.4) is 0 Å². The molecule has 1 aliphatic heterocycles. The van der Waals surface area contributed by atoms with Gasteiger partial charge in [0.25, 0.3) is 15.9 Å². The van der Waals surface area contributed by atoms with E-state index in [0.717, 1.165) is 12.1 Å². The molecule has 0 bridgehead atoms. The van der Waals surface area contributed by atoms with E-state index in [1.807, 2.05) is 6.07 Å². The van der Waals surface area contributed by atoms with Crippen LogP contribution in [0.2, 0.25) is 0 Å². The number of hydrogen-bond acceptors (Lipinski definition) is 6. The van der Waals surface area contributed by atoms with E-state index in [2.05, 4.69) is 0 Å². The summed E-state index contributed by atoms with van der Waals surface area (Å²) in [5.74, 6) is -1.71. The summed E-state index contributed by atoms with van der Waals surface area (Å²) in [4.78, 5) is 13.1. The first-order chi connectivity index (χ1) is 15.3. The van der Waals surface area contributed by atoms with Gasteiger partial charge in [-0.2, -0.15) is 5.26 Å². The number of hydrogen-bond donors (Lipinski definition) is 1. The fraction of sp³-hybridized carbons (Fsp3) is 0.130. The van der Waals surface area contributed by atoms with Crippen molar-refractivity contribution < 1.29 is 22.3 Å². The molecule has 32 heavy (non-hydrogen) atoms. The number of sulfonamides is 1. The molecule has 9 heteroatoms. The predicted molar refractivity (Wildman–Crippen MR) is 115 cm³/mol. The van der Waals surface area contributed by atoms with Gasteiger partial charge in [0, 0.05) is 11.1 Å². The van der Waals surface area contributed by atoms with Gasteiger partial charge in [0.15, 0.2) is 5.54 Å². The van der Waals surface area contributed by atoms with Crippen LogP contribution in [-0.4, -0.2) is 20.9 Å². The molecule has 4 rings (SSSR count). The van der Waals surface area contributed by atoms with E-state index in [1.54, 1.807) is 31.2 Å². The molecule has 2 N–H and O–H groups in total. The third kappa shape index (κ3) is 3.04. The zero-order chi connectivity index (χ0) is 23.1. The summed E-state index contributed by atoms with van der Waals surface area (Å²) < 4.78 is 47.4. The number of carbonyl (C=O) groups is 1. The van der Waals surface area contributed by atoms with E-state index in [9.17, 15) is 22.9 Å². The number of halogens is 1. The molecule has 0 radical (unpaired) electrons. The summed E-state index contributed by atoms with van der Waals surface area (Å²) in [5.41, 5.74) is 5.15. The highest BCUT2D eigenvalue weighted by atomic mass is 32.2. The lowest BCUT2D eigenvalue weighted by atomic mass is 9.83. The summed E-state index contributed by atoms with van der Waals surface area (Å²) in [6, 6.07) is 17.3. The summed E-state index contributed by atoms with van der Waals surface area (Å²) in [6.07, 6.45) is 0. The van der Waals surface area contributed by atoms with Crippen molar-refractivity contribution in [3.63, 3.8) is 0 Å². The Morgan fingerprint density at radius 2 is 1.78 bits per heavy atom. The summed E-state index contributed by atoms with van der Waals surface area (Å²) in [7, 11) is -4.65. The fourth-order valence-electron chi connectivity index (χ4n) is 3.81. The molecule has 0 aliphatic carbocycles. The van der Waals surface area contributed by atoms with Crippen molar-refractivity contribution in [2.75, 3.05) is 10.9 Å². The zero-order valence-electron chi connectivity index (χ0n) is 16.9. The van der Waals surface area contributed by atoms with Crippen LogP contribution in [0.15, 0.2) is 71.6 Å². The normalized spacial score (nSPS) is 17.7. The maximum Gasteiger partial charge on any atom is 0.273 e. The minimum atomic E-state index is -4.65. The van der Waals surface area contributed by atoms with Crippen molar-refractivity contribution in [3.8, 4) is 11.8 Å². The molecular formula is C23H18FN3O4S. The monoisotopic (exact) mass is 451 g/mol. The summed E-state index contributed by atoms with van der Waals surface area (Å²) in [5, 5.41) is 9.37. The Labute approximate surface area is 184 Å². The number of anilines is 1. The van der Waals surface area contributed by atoms with E-state index in [1.165, 1.54) is 30.3 Å². The Balaban J connectivity index is 2.02. The number of para-hydroxylation sites is 1. The maximum atomic E-state index is 14.4. The van der Waals surface area contributed by atoms with Crippen molar-refractivity contribution in [2.24, 2.45) is 5.73 Å². The SMILES string of the molecule is CCOc1ccccc1C1(N)C(=O)N(S(=O)(=O)c2ccccc2F)c2ccc(C#N)cc21. The Morgan fingerprint density at radius 3 is 2.47 bits per heavy atom. The predicted octanol–water partition coefficient (Wildman–Crippen LogP) is 3.03. The lowest BCUT2D eigenvalue weighted by molar-refractivity contribution is -0.120. The molecule has 0 spiro atoms. The van der Waals surface area contributed by atoms with Gasteiger partial charge < -0.3 is 10.5 Å². The maximum absolute atomic E-state index is 14.4. The summed E-state index contributed by atoms with van der Waals surface area (Å²) >= 11 is 0. The van der Waals surface area contributed by atoms with Crippen LogP contribution >= 0.6 is 0 Å². The molecule has 7 nitrogen and oxygen atoms in total. The topological polar surface area (TPSA) is 113 Å². The minimum absolute atomic E-state index is 0.0499. The first-order valence-corrected chi connectivity index (χ1v) is 11.1. The molecule has 0 fully saturated rings. The van der Waals surface area contributed by atoms with Crippen LogP contribution in [0.5, 0.6) is 5.75 Å². The van der Waals surface area contributed by atoms with Gasteiger partial charge in [-0.25, -0.2) is 17.1 Å². The van der Waals surface area contributed by atoms with Gasteiger partial charge in [-0.15, -0.1) is 0 Å². The number of rotatable bonds is 5. The first-order valence-electron chi connectivity index (χ1n) is 9.67. The van der Waals surface area contributed by atoms with Crippen LogP contribution in [0.4, 0.5) is 10.1 Å². The van der Waals surface area contributed by atoms with Gasteiger partial charge in [0.1, 0.15) is 16.5 Å². The Bertz CT molecular complexity index is 1380. The lowest BCUT2D eigenvalue weighted by Crippen LogP contribution is -2.50. The number of nitriles is 1. The van der Waals surface area contributed by atoms with Crippen molar-refractivity contribution in [3.05, 3.63) is 89.2 Å². The number of nitrogens with two attached hydrogens (primary N) is 1. The number of carbonyl (C=O) groups excluding carboxylic acids is 1. The average Bonchev–Trinajstić information content (AvgIpc) is 3.02. The van der Waals surface area contributed by atoms with Crippen LogP contribution in [0, 0.1) is 17.1 Å². The molecule has 3 aromatic rings. The molecule has 1 unspecified atom stereocenters. The van der Waals surface area contributed by atoms with Gasteiger partial charge in [0.2, 0.25) is 0 Å². The number of amides is 1. The molecule has 162 valence electrons. The second-order valence-corrected chi connectivity index (χ2v) is 8.84. The highest BCUT2D eigenvalue weighted by Gasteiger charge is 2.55. The van der Waals surface area contributed by atoms with Gasteiger partial charge in [-0.05, 0) is 43.3 Å². The van der Waals surface area contributed by atoms with Gasteiger partial charge in [-0.3, -0.25) is 4.79 Å². The van der Waals surface area contributed by atoms with E-state index in [0.29, 0.717) is 10.1 Å². The van der Waals surface area contributed by atoms with Crippen molar-refractivity contribution in [2.45, 2.75) is 17.4 Å². The van der Waals surface area contributed by atoms with Crippen molar-refractivity contribution >= 4 is 21.6 Å². The summed E-state index contributed by atoms with van der Waals surface area (Å²) in [6.45, 7) is 2.04. The smallest absolute Gasteiger partial charge is 0.273 e. The molecule has 3 aromatic carbocycles. The van der Waals surface area contributed by atoms with Crippen molar-refractivity contribution in [1.29, 1.82) is 5.26 Å². The number of benzene rings is 3. The van der Waals surface area contributed by atoms with E-state index in [-0.39, 0.29) is 29.0 Å². The molecule has 0 saturated carbocycles. The van der Waals surface area contributed by atoms with Crippen molar-refractivity contribution in [1.82, 2.24) is 0 Å². The first kappa shape index (κ1) is 21.5. The largest absolute Gasteiger partial charge is 0.493 e. The second-order valence-electron chi connectivity index (χ2n) is 7.09. The second kappa shape index (κ2) is 7.75. The Kier molecular flexibility index (Phi) is 5.20. The third-order valence-electron chi connectivity index (χ3n) is 5.26. The molecule has 0 saturated heterocycles.